The van der Waals surface area contributed by atoms with E-state index in [1.165, 1.54) is 0 Å². The lowest BCUT2D eigenvalue weighted by Gasteiger charge is -2.33. The van der Waals surface area contributed by atoms with Gasteiger partial charge in [-0.2, -0.15) is 10.1 Å². The molecule has 0 spiro atoms. The molecule has 11 heteroatoms. The van der Waals surface area contributed by atoms with E-state index in [1.54, 1.807) is 24.7 Å². The van der Waals surface area contributed by atoms with Gasteiger partial charge in [0.05, 0.1) is 16.9 Å². The number of aromatic nitrogens is 6. The van der Waals surface area contributed by atoms with Crippen molar-refractivity contribution in [1.82, 2.24) is 30.1 Å². The standard InChI is InChI=1S/C19H17ClF2N8/c20-16-10(1-2-12-17(16)26-9-25-12)8-24-18-23-4-3-14(28-18)27-15-5-13(29-30-15)11-6-19(21,22)7-11/h1-5,9,11H,6-8H2,(H,25,26)(H3,23,24,27,28,29,30). The van der Waals surface area contributed by atoms with Gasteiger partial charge in [0.15, 0.2) is 5.82 Å². The number of imidazole rings is 1. The zero-order valence-corrected chi connectivity index (χ0v) is 16.3. The van der Waals surface area contributed by atoms with E-state index in [0.717, 1.165) is 11.1 Å². The maximum absolute atomic E-state index is 13.1. The monoisotopic (exact) mass is 430 g/mol. The number of aromatic amines is 2. The summed E-state index contributed by atoms with van der Waals surface area (Å²) >= 11 is 6.42. The first kappa shape index (κ1) is 18.7. The quantitative estimate of drug-likeness (QED) is 0.356. The highest BCUT2D eigenvalue weighted by Gasteiger charge is 2.46. The molecule has 5 rings (SSSR count). The molecule has 0 aliphatic heterocycles. The highest BCUT2D eigenvalue weighted by molar-refractivity contribution is 6.35. The predicted octanol–water partition coefficient (Wildman–Crippen LogP) is 4.60. The number of H-pyrrole nitrogens is 2. The van der Waals surface area contributed by atoms with E-state index in [2.05, 4.69) is 40.8 Å². The molecule has 0 bridgehead atoms. The largest absolute Gasteiger partial charge is 0.350 e. The molecule has 30 heavy (non-hydrogen) atoms. The molecule has 3 heterocycles. The van der Waals surface area contributed by atoms with Gasteiger partial charge in [-0.3, -0.25) is 5.10 Å². The van der Waals surface area contributed by atoms with Crippen LogP contribution < -0.4 is 10.6 Å². The topological polar surface area (TPSA) is 107 Å². The normalized spacial score (nSPS) is 15.8. The number of nitrogens with one attached hydrogen (secondary N) is 4. The van der Waals surface area contributed by atoms with Crippen molar-refractivity contribution < 1.29 is 8.78 Å². The number of benzene rings is 1. The third kappa shape index (κ3) is 3.65. The predicted molar refractivity (Wildman–Crippen MR) is 109 cm³/mol. The zero-order valence-electron chi connectivity index (χ0n) is 15.6. The highest BCUT2D eigenvalue weighted by Crippen LogP contribution is 2.48. The van der Waals surface area contributed by atoms with Gasteiger partial charge in [0, 0.05) is 43.3 Å². The molecular weight excluding hydrogens is 414 g/mol. The summed E-state index contributed by atoms with van der Waals surface area (Å²) in [6.45, 7) is 0.424. The molecule has 1 aliphatic rings. The lowest BCUT2D eigenvalue weighted by molar-refractivity contribution is -0.0876. The molecule has 1 aromatic carbocycles. The third-order valence-corrected chi connectivity index (χ3v) is 5.51. The number of halogens is 3. The minimum atomic E-state index is -2.57. The Morgan fingerprint density at radius 3 is 2.87 bits per heavy atom. The number of nitrogens with zero attached hydrogens (tertiary/aromatic N) is 4. The van der Waals surface area contributed by atoms with Crippen molar-refractivity contribution in [2.45, 2.75) is 31.2 Å². The maximum atomic E-state index is 13.1. The van der Waals surface area contributed by atoms with Crippen molar-refractivity contribution in [3.63, 3.8) is 0 Å². The number of anilines is 3. The van der Waals surface area contributed by atoms with E-state index in [0.29, 0.717) is 40.4 Å². The number of fused-ring (bicyclic) bond motifs is 1. The van der Waals surface area contributed by atoms with Crippen LogP contribution in [0.15, 0.2) is 36.8 Å². The Labute approximate surface area is 174 Å². The molecule has 8 nitrogen and oxygen atoms in total. The Balaban J connectivity index is 1.24. The van der Waals surface area contributed by atoms with Crippen LogP contribution in [0.3, 0.4) is 0 Å². The maximum Gasteiger partial charge on any atom is 0.249 e. The highest BCUT2D eigenvalue weighted by atomic mass is 35.5. The summed E-state index contributed by atoms with van der Waals surface area (Å²) in [6, 6.07) is 7.25. The van der Waals surface area contributed by atoms with E-state index >= 15 is 0 Å². The minimum Gasteiger partial charge on any atom is -0.350 e. The molecule has 154 valence electrons. The fourth-order valence-corrected chi connectivity index (χ4v) is 3.74. The van der Waals surface area contributed by atoms with Crippen molar-refractivity contribution in [1.29, 1.82) is 0 Å². The fourth-order valence-electron chi connectivity index (χ4n) is 3.46. The number of alkyl halides is 2. The Kier molecular flexibility index (Phi) is 4.50. The summed E-state index contributed by atoms with van der Waals surface area (Å²) in [5, 5.41) is 13.7. The van der Waals surface area contributed by atoms with E-state index in [9.17, 15) is 8.78 Å². The second-order valence-corrected chi connectivity index (χ2v) is 7.63. The van der Waals surface area contributed by atoms with Gasteiger partial charge in [-0.25, -0.2) is 18.7 Å². The van der Waals surface area contributed by atoms with Crippen LogP contribution in [0, 0.1) is 0 Å². The van der Waals surface area contributed by atoms with Crippen LogP contribution >= 0.6 is 11.6 Å². The van der Waals surface area contributed by atoms with Crippen LogP contribution in [0.2, 0.25) is 5.02 Å². The summed E-state index contributed by atoms with van der Waals surface area (Å²) in [5.41, 5.74) is 3.15. The fraction of sp³-hybridized carbons (Fsp3) is 0.263. The van der Waals surface area contributed by atoms with Gasteiger partial charge in [-0.05, 0) is 17.7 Å². The average molecular weight is 431 g/mol. The summed E-state index contributed by atoms with van der Waals surface area (Å²) in [7, 11) is 0. The second kappa shape index (κ2) is 7.21. The van der Waals surface area contributed by atoms with Crippen molar-refractivity contribution >= 4 is 40.2 Å². The van der Waals surface area contributed by atoms with Crippen LogP contribution in [0.5, 0.6) is 0 Å². The Bertz CT molecular complexity index is 1200. The summed E-state index contributed by atoms with van der Waals surface area (Å²) in [4.78, 5) is 15.9. The van der Waals surface area contributed by atoms with E-state index in [4.69, 9.17) is 11.6 Å². The molecular formula is C19H17ClF2N8. The SMILES string of the molecule is FC1(F)CC(c2cc(Nc3ccnc(NCc4ccc5[nH]cnc5c4Cl)n3)n[nH]2)C1. The molecule has 1 aliphatic carbocycles. The van der Waals surface area contributed by atoms with Gasteiger partial charge in [0.1, 0.15) is 11.3 Å². The van der Waals surface area contributed by atoms with Gasteiger partial charge >= 0.3 is 0 Å². The van der Waals surface area contributed by atoms with Crippen LogP contribution in [0.4, 0.5) is 26.4 Å². The third-order valence-electron chi connectivity index (χ3n) is 5.09. The number of hydrogen-bond donors (Lipinski definition) is 4. The second-order valence-electron chi connectivity index (χ2n) is 7.25. The molecule has 0 amide bonds. The first-order chi connectivity index (χ1) is 14.5. The molecule has 3 aromatic heterocycles. The lowest BCUT2D eigenvalue weighted by Crippen LogP contribution is -2.33. The van der Waals surface area contributed by atoms with Gasteiger partial charge in [0.2, 0.25) is 11.9 Å². The molecule has 1 saturated carbocycles. The van der Waals surface area contributed by atoms with Crippen LogP contribution in [0.1, 0.15) is 30.0 Å². The lowest BCUT2D eigenvalue weighted by atomic mass is 9.79. The first-order valence-corrected chi connectivity index (χ1v) is 9.72. The molecule has 1 fully saturated rings. The molecule has 4 N–H and O–H groups in total. The van der Waals surface area contributed by atoms with Crippen LogP contribution in [0.25, 0.3) is 11.0 Å². The summed E-state index contributed by atoms with van der Waals surface area (Å²) < 4.78 is 26.1. The van der Waals surface area contributed by atoms with Gasteiger partial charge < -0.3 is 15.6 Å². The Hall–Kier alpha value is -3.27. The zero-order chi connectivity index (χ0) is 20.7. The van der Waals surface area contributed by atoms with Crippen LogP contribution in [-0.4, -0.2) is 36.1 Å². The molecule has 0 unspecified atom stereocenters. The van der Waals surface area contributed by atoms with Crippen LogP contribution in [-0.2, 0) is 6.54 Å². The Morgan fingerprint density at radius 1 is 1.17 bits per heavy atom. The molecule has 0 atom stereocenters. The number of rotatable bonds is 6. The molecule has 0 radical (unpaired) electrons. The van der Waals surface area contributed by atoms with E-state index in [-0.39, 0.29) is 18.8 Å². The van der Waals surface area contributed by atoms with Gasteiger partial charge in [0.25, 0.3) is 0 Å². The average Bonchev–Trinajstić information content (AvgIpc) is 3.36. The Morgan fingerprint density at radius 2 is 2.03 bits per heavy atom. The van der Waals surface area contributed by atoms with Crippen molar-refractivity contribution in [3.05, 3.63) is 53.1 Å². The van der Waals surface area contributed by atoms with Crippen molar-refractivity contribution in [3.8, 4) is 0 Å². The molecule has 0 saturated heterocycles. The van der Waals surface area contributed by atoms with E-state index in [1.807, 2.05) is 12.1 Å². The summed E-state index contributed by atoms with van der Waals surface area (Å²) in [6.07, 6.45) is 2.91. The van der Waals surface area contributed by atoms with Crippen molar-refractivity contribution in [2.24, 2.45) is 0 Å². The first-order valence-electron chi connectivity index (χ1n) is 9.34. The van der Waals surface area contributed by atoms with Gasteiger partial charge in [-0.15, -0.1) is 0 Å². The smallest absolute Gasteiger partial charge is 0.249 e. The van der Waals surface area contributed by atoms with Gasteiger partial charge in [-0.1, -0.05) is 17.7 Å². The molecule has 4 aromatic rings. The van der Waals surface area contributed by atoms with E-state index < -0.39 is 5.92 Å². The van der Waals surface area contributed by atoms with Crippen molar-refractivity contribution in [2.75, 3.05) is 10.6 Å². The number of hydrogen-bond acceptors (Lipinski definition) is 6. The minimum absolute atomic E-state index is 0.150. The summed E-state index contributed by atoms with van der Waals surface area (Å²) in [5.74, 6) is -1.31.